The predicted molar refractivity (Wildman–Crippen MR) is 79.9 cm³/mol. The third-order valence-corrected chi connectivity index (χ3v) is 3.74. The summed E-state index contributed by atoms with van der Waals surface area (Å²) >= 11 is 3.44. The smallest absolute Gasteiger partial charge is 0.165 e. The van der Waals surface area contributed by atoms with Crippen molar-refractivity contribution in [1.29, 1.82) is 0 Å². The molecule has 0 bridgehead atoms. The Morgan fingerprint density at radius 3 is 2.47 bits per heavy atom. The molecule has 0 aliphatic heterocycles. The third-order valence-electron chi connectivity index (χ3n) is 3.12. The van der Waals surface area contributed by atoms with Gasteiger partial charge in [-0.1, -0.05) is 13.8 Å². The maximum Gasteiger partial charge on any atom is 0.165 e. The Kier molecular flexibility index (Phi) is 7.10. The Hall–Kier alpha value is -0.870. The lowest BCUT2D eigenvalue weighted by Gasteiger charge is -2.13. The molecule has 0 saturated carbocycles. The van der Waals surface area contributed by atoms with Crippen LogP contribution in [0.2, 0.25) is 0 Å². The van der Waals surface area contributed by atoms with Crippen LogP contribution in [0.25, 0.3) is 0 Å². The number of Topliss-reactive ketones (excluding diaryl/α,β-unsaturated/α-hetero) is 1. The summed E-state index contributed by atoms with van der Waals surface area (Å²) in [6.45, 7) is 5.13. The van der Waals surface area contributed by atoms with Gasteiger partial charge in [0.2, 0.25) is 0 Å². The van der Waals surface area contributed by atoms with Gasteiger partial charge >= 0.3 is 0 Å². The third kappa shape index (κ3) is 4.62. The highest BCUT2D eigenvalue weighted by Gasteiger charge is 2.17. The first-order valence-electron chi connectivity index (χ1n) is 6.59. The Morgan fingerprint density at radius 2 is 1.95 bits per heavy atom. The zero-order valence-corrected chi connectivity index (χ0v) is 13.3. The second kappa shape index (κ2) is 8.33. The average Bonchev–Trinajstić information content (AvgIpc) is 2.42. The van der Waals surface area contributed by atoms with E-state index in [9.17, 15) is 4.79 Å². The summed E-state index contributed by atoms with van der Waals surface area (Å²) in [7, 11) is 1.63. The van der Waals surface area contributed by atoms with Gasteiger partial charge < -0.3 is 9.47 Å². The SMILES string of the molecule is CCC(CC)C(=O)c1ccc(OCCOC)c(Br)c1. The highest BCUT2D eigenvalue weighted by Crippen LogP contribution is 2.27. The Morgan fingerprint density at radius 1 is 1.26 bits per heavy atom. The molecular weight excluding hydrogens is 308 g/mol. The number of hydrogen-bond acceptors (Lipinski definition) is 3. The number of carbonyl (C=O) groups is 1. The molecule has 0 N–H and O–H groups in total. The molecule has 4 heteroatoms. The summed E-state index contributed by atoms with van der Waals surface area (Å²) in [5.41, 5.74) is 0.736. The number of ketones is 1. The van der Waals surface area contributed by atoms with E-state index in [2.05, 4.69) is 15.9 Å². The molecule has 0 spiro atoms. The fraction of sp³-hybridized carbons (Fsp3) is 0.533. The number of halogens is 1. The molecule has 1 rings (SSSR count). The van der Waals surface area contributed by atoms with Crippen molar-refractivity contribution in [3.8, 4) is 5.75 Å². The van der Waals surface area contributed by atoms with Gasteiger partial charge in [-0.2, -0.15) is 0 Å². The molecule has 3 nitrogen and oxygen atoms in total. The zero-order chi connectivity index (χ0) is 14.3. The highest BCUT2D eigenvalue weighted by molar-refractivity contribution is 9.10. The molecule has 106 valence electrons. The molecule has 0 aliphatic rings. The first-order valence-corrected chi connectivity index (χ1v) is 7.38. The number of ether oxygens (including phenoxy) is 2. The summed E-state index contributed by atoms with van der Waals surface area (Å²) in [5.74, 6) is 1.04. The molecule has 19 heavy (non-hydrogen) atoms. The Labute approximate surface area is 123 Å². The minimum Gasteiger partial charge on any atom is -0.490 e. The molecule has 0 radical (unpaired) electrons. The van der Waals surface area contributed by atoms with E-state index in [4.69, 9.17) is 9.47 Å². The standard InChI is InChI=1S/C15H21BrO3/c1-4-11(5-2)15(17)12-6-7-14(13(16)10-12)19-9-8-18-3/h6-7,10-11H,4-5,8-9H2,1-3H3. The van der Waals surface area contributed by atoms with Crippen LogP contribution in [0.5, 0.6) is 5.75 Å². The second-order valence-corrected chi connectivity index (χ2v) is 5.22. The van der Waals surface area contributed by atoms with Crippen molar-refractivity contribution < 1.29 is 14.3 Å². The summed E-state index contributed by atoms with van der Waals surface area (Å²) in [4.78, 5) is 12.2. The largest absolute Gasteiger partial charge is 0.490 e. The van der Waals surface area contributed by atoms with Crippen molar-refractivity contribution in [2.75, 3.05) is 20.3 Å². The van der Waals surface area contributed by atoms with Crippen molar-refractivity contribution in [2.45, 2.75) is 26.7 Å². The fourth-order valence-electron chi connectivity index (χ4n) is 1.90. The topological polar surface area (TPSA) is 35.5 Å². The van der Waals surface area contributed by atoms with Crippen molar-refractivity contribution in [1.82, 2.24) is 0 Å². The first-order chi connectivity index (χ1) is 9.13. The monoisotopic (exact) mass is 328 g/mol. The lowest BCUT2D eigenvalue weighted by Crippen LogP contribution is -2.13. The summed E-state index contributed by atoms with van der Waals surface area (Å²) < 4.78 is 11.3. The van der Waals surface area contributed by atoms with E-state index in [0.29, 0.717) is 13.2 Å². The van der Waals surface area contributed by atoms with Crippen LogP contribution in [0.1, 0.15) is 37.0 Å². The van der Waals surface area contributed by atoms with Gasteiger partial charge in [-0.15, -0.1) is 0 Å². The number of benzene rings is 1. The van der Waals surface area contributed by atoms with Gasteiger partial charge in [0.15, 0.2) is 5.78 Å². The molecule has 1 aromatic carbocycles. The quantitative estimate of drug-likeness (QED) is 0.532. The summed E-state index contributed by atoms with van der Waals surface area (Å²) in [5, 5.41) is 0. The molecular formula is C15H21BrO3. The minimum atomic E-state index is 0.104. The molecule has 0 atom stereocenters. The average molecular weight is 329 g/mol. The maximum atomic E-state index is 12.2. The van der Waals surface area contributed by atoms with Gasteiger partial charge in [0.1, 0.15) is 12.4 Å². The Balaban J connectivity index is 2.78. The van der Waals surface area contributed by atoms with Crippen LogP contribution in [0, 0.1) is 5.92 Å². The van der Waals surface area contributed by atoms with Crippen LogP contribution >= 0.6 is 15.9 Å². The molecule has 0 saturated heterocycles. The van der Waals surface area contributed by atoms with Gasteiger partial charge in [0, 0.05) is 18.6 Å². The van der Waals surface area contributed by atoms with Crippen molar-refractivity contribution in [2.24, 2.45) is 5.92 Å². The number of methoxy groups -OCH3 is 1. The van der Waals surface area contributed by atoms with Crippen molar-refractivity contribution in [3.05, 3.63) is 28.2 Å². The number of hydrogen-bond donors (Lipinski definition) is 0. The summed E-state index contributed by atoms with van der Waals surface area (Å²) in [6, 6.07) is 5.49. The maximum absolute atomic E-state index is 12.2. The van der Waals surface area contributed by atoms with E-state index in [1.54, 1.807) is 7.11 Å². The van der Waals surface area contributed by atoms with Gasteiger partial charge in [-0.25, -0.2) is 0 Å². The molecule has 0 aromatic heterocycles. The van der Waals surface area contributed by atoms with Crippen LogP contribution in [0.4, 0.5) is 0 Å². The lowest BCUT2D eigenvalue weighted by molar-refractivity contribution is 0.0913. The summed E-state index contributed by atoms with van der Waals surface area (Å²) in [6.07, 6.45) is 1.75. The predicted octanol–water partition coefficient (Wildman–Crippen LogP) is 4.09. The van der Waals surface area contributed by atoms with Gasteiger partial charge in [0.05, 0.1) is 11.1 Å². The van der Waals surface area contributed by atoms with Crippen LogP contribution < -0.4 is 4.74 Å². The minimum absolute atomic E-state index is 0.104. The van der Waals surface area contributed by atoms with Crippen molar-refractivity contribution >= 4 is 21.7 Å². The molecule has 0 unspecified atom stereocenters. The van der Waals surface area contributed by atoms with Crippen LogP contribution in [0.3, 0.4) is 0 Å². The van der Waals surface area contributed by atoms with Crippen LogP contribution in [-0.2, 0) is 4.74 Å². The fourth-order valence-corrected chi connectivity index (χ4v) is 2.39. The van der Waals surface area contributed by atoms with Gasteiger partial charge in [0.25, 0.3) is 0 Å². The molecule has 0 heterocycles. The lowest BCUT2D eigenvalue weighted by atomic mass is 9.93. The van der Waals surface area contributed by atoms with E-state index < -0.39 is 0 Å². The first kappa shape index (κ1) is 16.2. The number of carbonyl (C=O) groups excluding carboxylic acids is 1. The van der Waals surface area contributed by atoms with Crippen LogP contribution in [0.15, 0.2) is 22.7 Å². The zero-order valence-electron chi connectivity index (χ0n) is 11.7. The van der Waals surface area contributed by atoms with E-state index in [-0.39, 0.29) is 11.7 Å². The number of rotatable bonds is 8. The Bertz CT molecular complexity index is 414. The normalized spacial score (nSPS) is 10.8. The van der Waals surface area contributed by atoms with Gasteiger partial charge in [-0.05, 0) is 47.0 Å². The molecule has 1 aromatic rings. The molecule has 0 aliphatic carbocycles. The molecule has 0 amide bonds. The highest BCUT2D eigenvalue weighted by atomic mass is 79.9. The molecule has 0 fully saturated rings. The van der Waals surface area contributed by atoms with Gasteiger partial charge in [-0.3, -0.25) is 4.79 Å². The van der Waals surface area contributed by atoms with E-state index in [1.165, 1.54) is 0 Å². The second-order valence-electron chi connectivity index (χ2n) is 4.36. The van der Waals surface area contributed by atoms with E-state index >= 15 is 0 Å². The van der Waals surface area contributed by atoms with E-state index in [1.807, 2.05) is 32.0 Å². The van der Waals surface area contributed by atoms with Crippen molar-refractivity contribution in [3.63, 3.8) is 0 Å². The van der Waals surface area contributed by atoms with Crippen LogP contribution in [-0.4, -0.2) is 26.1 Å². The van der Waals surface area contributed by atoms with E-state index in [0.717, 1.165) is 28.6 Å².